The van der Waals surface area contributed by atoms with E-state index in [2.05, 4.69) is 10.2 Å². The van der Waals surface area contributed by atoms with E-state index in [4.69, 9.17) is 11.0 Å². The molecule has 132 valence electrons. The molecule has 0 saturated heterocycles. The summed E-state index contributed by atoms with van der Waals surface area (Å²) in [6.07, 6.45) is 1.24. The van der Waals surface area contributed by atoms with Crippen LogP contribution in [0.25, 0.3) is 0 Å². The number of aliphatic hydroxyl groups is 1. The number of H-pyrrole nitrogens is 1. The van der Waals surface area contributed by atoms with Crippen LogP contribution in [-0.2, 0) is 16.8 Å². The molecule has 1 unspecified atom stereocenters. The predicted molar refractivity (Wildman–Crippen MR) is 94.3 cm³/mol. The van der Waals surface area contributed by atoms with Gasteiger partial charge in [0.05, 0.1) is 17.7 Å². The lowest BCUT2D eigenvalue weighted by atomic mass is 9.92. The maximum Gasteiger partial charge on any atom is 0.225 e. The maximum atomic E-state index is 12.4. The Morgan fingerprint density at radius 1 is 1.44 bits per heavy atom. The first-order valence-corrected chi connectivity index (χ1v) is 8.10. The highest BCUT2D eigenvalue weighted by Gasteiger charge is 2.27. The molecule has 0 bridgehead atoms. The largest absolute Gasteiger partial charge is 0.385 e. The van der Waals surface area contributed by atoms with Gasteiger partial charge in [0.1, 0.15) is 11.6 Å². The quantitative estimate of drug-likeness (QED) is 0.706. The maximum absolute atomic E-state index is 12.4. The highest BCUT2D eigenvalue weighted by atomic mass is 16.3. The van der Waals surface area contributed by atoms with Crippen LogP contribution in [0.4, 0.5) is 5.82 Å². The number of hydrogen-bond acceptors (Lipinski definition) is 5. The number of hydrogen-bond donors (Lipinski definition) is 3. The van der Waals surface area contributed by atoms with Gasteiger partial charge in [-0.15, -0.1) is 0 Å². The van der Waals surface area contributed by atoms with Crippen LogP contribution >= 0.6 is 0 Å². The Bertz CT molecular complexity index is 762. The van der Waals surface area contributed by atoms with Crippen LogP contribution in [0, 0.1) is 11.3 Å². The number of amides is 1. The molecule has 1 aromatic carbocycles. The number of benzene rings is 1. The molecule has 7 nitrogen and oxygen atoms in total. The Morgan fingerprint density at radius 2 is 2.12 bits per heavy atom. The second-order valence-corrected chi connectivity index (χ2v) is 6.31. The van der Waals surface area contributed by atoms with Gasteiger partial charge in [0.25, 0.3) is 0 Å². The normalized spacial score (nSPS) is 13.0. The van der Waals surface area contributed by atoms with Crippen LogP contribution in [-0.4, -0.2) is 39.7 Å². The molecule has 0 aliphatic heterocycles. The van der Waals surface area contributed by atoms with Crippen LogP contribution in [0.1, 0.15) is 36.6 Å². The third-order valence-corrected chi connectivity index (χ3v) is 4.22. The van der Waals surface area contributed by atoms with E-state index in [1.165, 1.54) is 0 Å². The number of carbonyl (C=O) groups is 1. The molecule has 25 heavy (non-hydrogen) atoms. The van der Waals surface area contributed by atoms with Gasteiger partial charge in [-0.25, -0.2) is 0 Å². The minimum absolute atomic E-state index is 0.00790. The topological polar surface area (TPSA) is 119 Å². The number of anilines is 1. The first kappa shape index (κ1) is 18.5. The summed E-state index contributed by atoms with van der Waals surface area (Å²) in [4.78, 5) is 14.0. The molecular weight excluding hydrogens is 318 g/mol. The minimum Gasteiger partial charge on any atom is -0.385 e. The SMILES string of the molecule is CN(CCCc1[nH]nc(N)c1C#N)C(=O)CC(C)(O)c1ccccc1. The summed E-state index contributed by atoms with van der Waals surface area (Å²) in [6, 6.07) is 11.2. The van der Waals surface area contributed by atoms with Gasteiger partial charge in [-0.2, -0.15) is 10.4 Å². The zero-order chi connectivity index (χ0) is 18.4. The second-order valence-electron chi connectivity index (χ2n) is 6.31. The summed E-state index contributed by atoms with van der Waals surface area (Å²) in [7, 11) is 1.70. The standard InChI is InChI=1S/C18H23N5O2/c1-18(25,13-7-4-3-5-8-13)11-16(24)23(2)10-6-9-15-14(12-19)17(20)22-21-15/h3-5,7-8,25H,6,9-11H2,1-2H3,(H3,20,21,22). The van der Waals surface area contributed by atoms with Gasteiger partial charge in [-0.1, -0.05) is 30.3 Å². The van der Waals surface area contributed by atoms with Gasteiger partial charge in [0.15, 0.2) is 5.82 Å². The van der Waals surface area contributed by atoms with Gasteiger partial charge in [-0.3, -0.25) is 9.89 Å². The monoisotopic (exact) mass is 341 g/mol. The summed E-state index contributed by atoms with van der Waals surface area (Å²) in [5.74, 6) is 0.0549. The first-order valence-electron chi connectivity index (χ1n) is 8.10. The number of carbonyl (C=O) groups excluding carboxylic acids is 1. The molecule has 0 spiro atoms. The van der Waals surface area contributed by atoms with Gasteiger partial charge >= 0.3 is 0 Å². The lowest BCUT2D eigenvalue weighted by molar-refractivity contribution is -0.135. The number of nitriles is 1. The zero-order valence-electron chi connectivity index (χ0n) is 14.5. The fraction of sp³-hybridized carbons (Fsp3) is 0.389. The summed E-state index contributed by atoms with van der Waals surface area (Å²) < 4.78 is 0. The third-order valence-electron chi connectivity index (χ3n) is 4.22. The van der Waals surface area contributed by atoms with E-state index in [1.807, 2.05) is 24.3 Å². The average molecular weight is 341 g/mol. The van der Waals surface area contributed by atoms with E-state index in [1.54, 1.807) is 31.0 Å². The van der Waals surface area contributed by atoms with Crippen LogP contribution in [0.2, 0.25) is 0 Å². The molecule has 0 saturated carbocycles. The van der Waals surface area contributed by atoms with Crippen molar-refractivity contribution < 1.29 is 9.90 Å². The number of aromatic nitrogens is 2. The van der Waals surface area contributed by atoms with Gasteiger partial charge in [0, 0.05) is 13.6 Å². The van der Waals surface area contributed by atoms with E-state index in [0.717, 1.165) is 0 Å². The highest BCUT2D eigenvalue weighted by molar-refractivity contribution is 5.77. The summed E-state index contributed by atoms with van der Waals surface area (Å²) in [5, 5.41) is 26.2. The molecule has 1 heterocycles. The molecule has 2 aromatic rings. The van der Waals surface area contributed by atoms with Crippen molar-refractivity contribution in [1.82, 2.24) is 15.1 Å². The van der Waals surface area contributed by atoms with Gasteiger partial charge in [-0.05, 0) is 25.3 Å². The fourth-order valence-electron chi connectivity index (χ4n) is 2.65. The molecule has 1 aromatic heterocycles. The smallest absolute Gasteiger partial charge is 0.225 e. The van der Waals surface area contributed by atoms with Crippen LogP contribution in [0.15, 0.2) is 30.3 Å². The lowest BCUT2D eigenvalue weighted by Gasteiger charge is -2.26. The lowest BCUT2D eigenvalue weighted by Crippen LogP contribution is -2.35. The van der Waals surface area contributed by atoms with E-state index >= 15 is 0 Å². The molecule has 7 heteroatoms. The Balaban J connectivity index is 1.87. The molecule has 0 aliphatic rings. The average Bonchev–Trinajstić information content (AvgIpc) is 2.95. The highest BCUT2D eigenvalue weighted by Crippen LogP contribution is 2.25. The number of aryl methyl sites for hydroxylation is 1. The molecule has 1 amide bonds. The molecule has 0 fully saturated rings. The van der Waals surface area contributed by atoms with Gasteiger partial charge < -0.3 is 15.7 Å². The Kier molecular flexibility index (Phi) is 5.78. The number of nitrogen functional groups attached to an aromatic ring is 1. The van der Waals surface area contributed by atoms with Gasteiger partial charge in [0.2, 0.25) is 5.91 Å². The summed E-state index contributed by atoms with van der Waals surface area (Å²) in [5.41, 5.74) is 6.14. The van der Waals surface area contributed by atoms with Crippen molar-refractivity contribution in [2.24, 2.45) is 0 Å². The van der Waals surface area contributed by atoms with Crippen molar-refractivity contribution in [2.75, 3.05) is 19.3 Å². The number of nitrogens with zero attached hydrogens (tertiary/aromatic N) is 3. The summed E-state index contributed by atoms with van der Waals surface area (Å²) in [6.45, 7) is 2.15. The van der Waals surface area contributed by atoms with Crippen molar-refractivity contribution in [2.45, 2.75) is 31.8 Å². The van der Waals surface area contributed by atoms with Crippen LogP contribution < -0.4 is 5.73 Å². The van der Waals surface area contributed by atoms with E-state index in [9.17, 15) is 9.90 Å². The number of nitrogens with one attached hydrogen (secondary N) is 1. The van der Waals surface area contributed by atoms with E-state index in [-0.39, 0.29) is 18.1 Å². The van der Waals surface area contributed by atoms with E-state index in [0.29, 0.717) is 36.2 Å². The van der Waals surface area contributed by atoms with Crippen LogP contribution in [0.5, 0.6) is 0 Å². The van der Waals surface area contributed by atoms with Crippen molar-refractivity contribution >= 4 is 11.7 Å². The Morgan fingerprint density at radius 3 is 2.76 bits per heavy atom. The second kappa shape index (κ2) is 7.81. The molecule has 1 atom stereocenters. The first-order chi connectivity index (χ1) is 11.8. The van der Waals surface area contributed by atoms with Crippen LogP contribution in [0.3, 0.4) is 0 Å². The van der Waals surface area contributed by atoms with Crippen molar-refractivity contribution in [3.8, 4) is 6.07 Å². The predicted octanol–water partition coefficient (Wildman–Crippen LogP) is 1.55. The number of aromatic amines is 1. The number of nitrogens with two attached hydrogens (primary N) is 1. The van der Waals surface area contributed by atoms with Crippen molar-refractivity contribution in [3.63, 3.8) is 0 Å². The molecule has 2 rings (SSSR count). The Hall–Kier alpha value is -2.85. The minimum atomic E-state index is -1.21. The molecule has 4 N–H and O–H groups in total. The number of rotatable bonds is 7. The van der Waals surface area contributed by atoms with Crippen molar-refractivity contribution in [1.29, 1.82) is 5.26 Å². The van der Waals surface area contributed by atoms with E-state index < -0.39 is 5.60 Å². The van der Waals surface area contributed by atoms with Crippen molar-refractivity contribution in [3.05, 3.63) is 47.2 Å². The Labute approximate surface area is 147 Å². The zero-order valence-corrected chi connectivity index (χ0v) is 14.5. The summed E-state index contributed by atoms with van der Waals surface area (Å²) >= 11 is 0. The molecule has 0 radical (unpaired) electrons. The third kappa shape index (κ3) is 4.58. The molecular formula is C18H23N5O2. The fourth-order valence-corrected chi connectivity index (χ4v) is 2.65. The molecule has 0 aliphatic carbocycles.